The van der Waals surface area contributed by atoms with Crippen molar-refractivity contribution in [2.24, 2.45) is 0 Å². The molecule has 6 aromatic rings. The van der Waals surface area contributed by atoms with Crippen LogP contribution in [0, 0.1) is 0 Å². The molecule has 10 heteroatoms. The van der Waals surface area contributed by atoms with E-state index in [0.717, 1.165) is 52.0 Å². The van der Waals surface area contributed by atoms with Gasteiger partial charge in [0.25, 0.3) is 5.97 Å². The molecular weight excluding hydrogens is 557 g/mol. The minimum atomic E-state index is -0.833. The number of H-pyrrole nitrogens is 2. The number of rotatable bonds is 2. The van der Waals surface area contributed by atoms with Crippen molar-refractivity contribution in [3.63, 3.8) is 0 Å². The van der Waals surface area contributed by atoms with E-state index in [-0.39, 0.29) is 39.3 Å². The molecule has 4 aromatic heterocycles. The van der Waals surface area contributed by atoms with Crippen molar-refractivity contribution in [3.8, 4) is 22.8 Å². The van der Waals surface area contributed by atoms with Crippen LogP contribution in [-0.4, -0.2) is 52.7 Å². The van der Waals surface area contributed by atoms with E-state index in [1.165, 1.54) is 0 Å². The maximum absolute atomic E-state index is 9.00. The molecule has 0 aliphatic carbocycles. The van der Waals surface area contributed by atoms with Crippen LogP contribution in [0.4, 0.5) is 0 Å². The smallest absolute Gasteiger partial charge is 0.300 e. The van der Waals surface area contributed by atoms with Gasteiger partial charge in [-0.15, -0.1) is 0 Å². The van der Waals surface area contributed by atoms with Crippen molar-refractivity contribution in [1.82, 2.24) is 29.9 Å². The largest absolute Gasteiger partial charge is 0.481 e. The number of aliphatic hydroxyl groups excluding tert-OH is 1. The Balaban J connectivity index is 0.000000211. The molecule has 38 heavy (non-hydrogen) atoms. The van der Waals surface area contributed by atoms with Crippen LogP contribution in [0.25, 0.3) is 45.1 Å². The maximum Gasteiger partial charge on any atom is 0.300 e. The summed E-state index contributed by atoms with van der Waals surface area (Å²) in [4.78, 5) is 32.7. The third-order valence-electron chi connectivity index (χ3n) is 4.61. The molecule has 0 atom stereocenters. The fourth-order valence-electron chi connectivity index (χ4n) is 3.16. The first kappa shape index (κ1) is 30.4. The zero-order valence-electron chi connectivity index (χ0n) is 21.1. The third kappa shape index (κ3) is 9.26. The molecule has 0 unspecified atom stereocenters. The summed E-state index contributed by atoms with van der Waals surface area (Å²) in [5, 5.41) is 15.0. The molecule has 4 heterocycles. The summed E-state index contributed by atoms with van der Waals surface area (Å²) in [6.07, 6.45) is 3.50. The Morgan fingerprint density at radius 1 is 0.711 bits per heavy atom. The molecule has 0 bridgehead atoms. The summed E-state index contributed by atoms with van der Waals surface area (Å²) in [7, 11) is 0. The average molecular weight is 585 g/mol. The number of carbonyl (C=O) groups is 1. The Morgan fingerprint density at radius 3 is 1.37 bits per heavy atom. The monoisotopic (exact) mass is 585 g/mol. The van der Waals surface area contributed by atoms with Gasteiger partial charge in [0.15, 0.2) is 11.3 Å². The number of hydrogen-bond acceptors (Lipinski definition) is 6. The normalized spacial score (nSPS) is 9.55. The number of fused-ring (bicyclic) bond motifs is 2. The van der Waals surface area contributed by atoms with Crippen molar-refractivity contribution in [2.75, 3.05) is 6.61 Å². The van der Waals surface area contributed by atoms with Crippen molar-refractivity contribution < 1.29 is 47.7 Å². The van der Waals surface area contributed by atoms with Crippen LogP contribution >= 0.6 is 0 Å². The van der Waals surface area contributed by atoms with E-state index in [2.05, 4.69) is 29.9 Å². The molecule has 4 N–H and O–H groups in total. The van der Waals surface area contributed by atoms with Gasteiger partial charge < -0.3 is 20.2 Å². The average Bonchev–Trinajstić information content (AvgIpc) is 3.55. The number of pyridine rings is 2. The summed E-state index contributed by atoms with van der Waals surface area (Å²) < 4.78 is 0. The number of imidazole rings is 2. The van der Waals surface area contributed by atoms with Gasteiger partial charge in [-0.1, -0.05) is 60.7 Å². The molecule has 2 aromatic carbocycles. The van der Waals surface area contributed by atoms with Gasteiger partial charge >= 0.3 is 0 Å². The van der Waals surface area contributed by atoms with Gasteiger partial charge in [0.1, 0.15) is 11.6 Å². The topological polar surface area (TPSA) is 141 Å². The number of nitrogens with one attached hydrogen (secondary N) is 2. The number of carboxylic acids is 1. The first-order valence-electron chi connectivity index (χ1n) is 11.5. The van der Waals surface area contributed by atoms with Gasteiger partial charge in [0.2, 0.25) is 0 Å². The second kappa shape index (κ2) is 16.1. The van der Waals surface area contributed by atoms with Gasteiger partial charge in [-0.3, -0.25) is 4.79 Å². The van der Waals surface area contributed by atoms with Crippen molar-refractivity contribution in [1.29, 1.82) is 0 Å². The number of aromatic amines is 2. The van der Waals surface area contributed by atoms with Crippen molar-refractivity contribution >= 4 is 28.3 Å². The molecule has 0 aliphatic rings. The predicted octanol–water partition coefficient (Wildman–Crippen LogP) is 5.34. The quantitative estimate of drug-likeness (QED) is 0.215. The number of hydrogen-bond donors (Lipinski definition) is 4. The van der Waals surface area contributed by atoms with Crippen LogP contribution in [-0.2, 0) is 37.5 Å². The van der Waals surface area contributed by atoms with E-state index in [1.807, 2.05) is 84.9 Å². The molecule has 0 amide bonds. The van der Waals surface area contributed by atoms with Gasteiger partial charge in [-0.05, 0) is 31.2 Å². The summed E-state index contributed by atoms with van der Waals surface area (Å²) >= 11 is 0. The summed E-state index contributed by atoms with van der Waals surface area (Å²) in [6, 6.07) is 27.8. The van der Waals surface area contributed by atoms with Crippen LogP contribution in [0.1, 0.15) is 13.8 Å². The van der Waals surface area contributed by atoms with Gasteiger partial charge in [-0.2, -0.15) is 0 Å². The van der Waals surface area contributed by atoms with Gasteiger partial charge in [-0.25, -0.2) is 19.9 Å². The second-order valence-electron chi connectivity index (χ2n) is 7.49. The molecular formula is C28H28N6O3Y. The summed E-state index contributed by atoms with van der Waals surface area (Å²) in [6.45, 7) is 3.01. The van der Waals surface area contributed by atoms with Crippen LogP contribution in [0.5, 0.6) is 0 Å². The number of aliphatic hydroxyl groups is 1. The van der Waals surface area contributed by atoms with Crippen molar-refractivity contribution in [2.45, 2.75) is 13.8 Å². The Labute approximate surface area is 245 Å². The first-order chi connectivity index (χ1) is 18.0. The number of nitrogens with zero attached hydrogens (tertiary/aromatic N) is 4. The van der Waals surface area contributed by atoms with E-state index < -0.39 is 5.97 Å². The predicted molar refractivity (Wildman–Crippen MR) is 145 cm³/mol. The molecule has 6 rings (SSSR count). The van der Waals surface area contributed by atoms with Gasteiger partial charge in [0.05, 0.1) is 11.0 Å². The molecule has 0 fully saturated rings. The van der Waals surface area contributed by atoms with E-state index >= 15 is 0 Å². The Hall–Kier alpha value is -3.79. The summed E-state index contributed by atoms with van der Waals surface area (Å²) in [5.41, 5.74) is 5.62. The SMILES string of the molecule is CC(=O)O.CCO.[Y].c1ccc(-c2nc3ncccc3[nH]2)cc1.c1ccc(-c2nc3ncccc3[nH]2)cc1. The van der Waals surface area contributed by atoms with E-state index in [0.29, 0.717) is 0 Å². The molecule has 9 nitrogen and oxygen atoms in total. The number of aromatic nitrogens is 6. The second-order valence-corrected chi connectivity index (χ2v) is 7.49. The van der Waals surface area contributed by atoms with E-state index in [1.54, 1.807) is 19.3 Å². The molecule has 0 aliphatic heterocycles. The number of benzene rings is 2. The maximum atomic E-state index is 9.00. The Bertz CT molecular complexity index is 1340. The third-order valence-corrected chi connectivity index (χ3v) is 4.61. The van der Waals surface area contributed by atoms with Crippen LogP contribution < -0.4 is 0 Å². The van der Waals surface area contributed by atoms with E-state index in [9.17, 15) is 0 Å². The van der Waals surface area contributed by atoms with Crippen molar-refractivity contribution in [3.05, 3.63) is 97.3 Å². The van der Waals surface area contributed by atoms with Gasteiger partial charge in [0, 0.05) is 69.8 Å². The Morgan fingerprint density at radius 2 is 1.05 bits per heavy atom. The zero-order valence-corrected chi connectivity index (χ0v) is 24.0. The molecule has 0 spiro atoms. The molecule has 1 radical (unpaired) electrons. The zero-order chi connectivity index (χ0) is 26.5. The minimum Gasteiger partial charge on any atom is -0.481 e. The minimum absolute atomic E-state index is 0. The first-order valence-corrected chi connectivity index (χ1v) is 11.5. The molecule has 191 valence electrons. The Kier molecular flexibility index (Phi) is 12.9. The summed E-state index contributed by atoms with van der Waals surface area (Å²) in [5.74, 6) is 0.897. The van der Waals surface area contributed by atoms with Crippen LogP contribution in [0.2, 0.25) is 0 Å². The standard InChI is InChI=1S/2C12H9N3.C2H4O2.C2H6O.Y/c2*1-2-5-9(6-3-1)11-14-10-7-4-8-13-12(10)15-11;1-2(3)4;1-2-3;/h2*1-8H,(H,13,14,15);1H3,(H,3,4);3H,2H2,1H3;. The fraction of sp³-hybridized carbons (Fsp3) is 0.107. The number of aliphatic carboxylic acids is 1. The van der Waals surface area contributed by atoms with Crippen LogP contribution in [0.15, 0.2) is 97.3 Å². The fourth-order valence-corrected chi connectivity index (χ4v) is 3.16. The molecule has 0 saturated carbocycles. The number of carboxylic acid groups (broad SMARTS) is 1. The van der Waals surface area contributed by atoms with Crippen LogP contribution in [0.3, 0.4) is 0 Å². The van der Waals surface area contributed by atoms with E-state index in [4.69, 9.17) is 15.0 Å². The molecule has 0 saturated heterocycles.